The SMILES string of the molecule is CC(=O)Oc1cc(CO)c2c(c1/C=C/c1cccc(CCO)c1)C(=O)c1cc(O[C@H]3O[C@@H](C)[C@@H](O)C(O)(O)[C@H]3O)c(Cc3cccc(C4(O)CCCC4)c3C=O)c(O)c1C2=O. The van der Waals surface area contributed by atoms with Crippen molar-refractivity contribution in [1.82, 2.24) is 0 Å². The Hall–Kier alpha value is -5.62. The molecule has 2 fully saturated rings. The third-order valence-electron chi connectivity index (χ3n) is 11.7. The Morgan fingerprint density at radius 2 is 1.59 bits per heavy atom. The fourth-order valence-electron chi connectivity index (χ4n) is 8.57. The highest BCUT2D eigenvalue weighted by Crippen LogP contribution is 2.47. The molecule has 15 nitrogen and oxygen atoms in total. The van der Waals surface area contributed by atoms with E-state index in [9.17, 15) is 60.0 Å². The van der Waals surface area contributed by atoms with Crippen LogP contribution in [0.2, 0.25) is 0 Å². The van der Waals surface area contributed by atoms with E-state index in [-0.39, 0.29) is 57.7 Å². The maximum Gasteiger partial charge on any atom is 0.308 e. The van der Waals surface area contributed by atoms with Gasteiger partial charge in [-0.1, -0.05) is 61.4 Å². The van der Waals surface area contributed by atoms with Crippen LogP contribution in [-0.4, -0.2) is 102 Å². The Morgan fingerprint density at radius 3 is 2.26 bits per heavy atom. The monoisotopic (exact) mass is 838 g/mol. The molecular weight excluding hydrogens is 792 g/mol. The van der Waals surface area contributed by atoms with Crippen molar-refractivity contribution in [2.24, 2.45) is 0 Å². The van der Waals surface area contributed by atoms with Crippen molar-refractivity contribution in [2.45, 2.75) is 95.0 Å². The minimum absolute atomic E-state index is 0.0264. The maximum absolute atomic E-state index is 14.9. The Labute approximate surface area is 349 Å². The van der Waals surface area contributed by atoms with Gasteiger partial charge in [0.25, 0.3) is 0 Å². The number of hydrogen-bond donors (Lipinski definition) is 8. The van der Waals surface area contributed by atoms with Crippen LogP contribution in [0.1, 0.15) is 121 Å². The number of fused-ring (bicyclic) bond motifs is 2. The summed E-state index contributed by atoms with van der Waals surface area (Å²) < 4.78 is 17.2. The number of ether oxygens (including phenoxy) is 3. The second kappa shape index (κ2) is 17.0. The molecular formula is C46H46O15. The zero-order valence-electron chi connectivity index (χ0n) is 33.3. The zero-order chi connectivity index (χ0) is 44.0. The molecule has 320 valence electrons. The number of carbonyl (C=O) groups excluding carboxylic acids is 4. The van der Waals surface area contributed by atoms with E-state index in [1.54, 1.807) is 42.5 Å². The van der Waals surface area contributed by atoms with Crippen molar-refractivity contribution >= 4 is 36.0 Å². The van der Waals surface area contributed by atoms with Gasteiger partial charge in [0.15, 0.2) is 24.0 Å². The van der Waals surface area contributed by atoms with Crippen LogP contribution >= 0.6 is 0 Å². The average Bonchev–Trinajstić information content (AvgIpc) is 3.68. The Bertz CT molecular complexity index is 2440. The molecule has 4 aromatic carbocycles. The minimum atomic E-state index is -3.15. The van der Waals surface area contributed by atoms with Crippen LogP contribution < -0.4 is 9.47 Å². The Morgan fingerprint density at radius 1 is 0.869 bits per heavy atom. The van der Waals surface area contributed by atoms with Crippen LogP contribution in [0.5, 0.6) is 17.2 Å². The first kappa shape index (κ1) is 43.5. The van der Waals surface area contributed by atoms with Gasteiger partial charge in [0.1, 0.15) is 23.4 Å². The molecule has 7 rings (SSSR count). The van der Waals surface area contributed by atoms with Crippen LogP contribution in [0.3, 0.4) is 0 Å². The zero-order valence-corrected chi connectivity index (χ0v) is 33.3. The lowest BCUT2D eigenvalue weighted by Gasteiger charge is -2.44. The second-order valence-electron chi connectivity index (χ2n) is 15.7. The highest BCUT2D eigenvalue weighted by Gasteiger charge is 2.54. The average molecular weight is 839 g/mol. The van der Waals surface area contributed by atoms with Gasteiger partial charge in [-0.25, -0.2) is 0 Å². The van der Waals surface area contributed by atoms with Gasteiger partial charge in [-0.2, -0.15) is 0 Å². The summed E-state index contributed by atoms with van der Waals surface area (Å²) in [5.74, 6) is -7.08. The number of carbonyl (C=O) groups is 4. The number of phenols is 1. The molecule has 0 radical (unpaired) electrons. The molecule has 8 N–H and O–H groups in total. The van der Waals surface area contributed by atoms with Gasteiger partial charge in [-0.15, -0.1) is 0 Å². The van der Waals surface area contributed by atoms with Crippen LogP contribution in [0.15, 0.2) is 54.6 Å². The topological polar surface area (TPSA) is 258 Å². The molecule has 0 unspecified atom stereocenters. The maximum atomic E-state index is 14.9. The Kier molecular flexibility index (Phi) is 12.1. The van der Waals surface area contributed by atoms with E-state index >= 15 is 0 Å². The van der Waals surface area contributed by atoms with Gasteiger partial charge in [-0.05, 0) is 72.2 Å². The number of aliphatic hydroxyl groups excluding tert-OH is 4. The van der Waals surface area contributed by atoms with Crippen molar-refractivity contribution in [1.29, 1.82) is 0 Å². The highest BCUT2D eigenvalue weighted by molar-refractivity contribution is 6.31. The molecule has 1 saturated heterocycles. The van der Waals surface area contributed by atoms with Crippen molar-refractivity contribution < 1.29 is 74.2 Å². The minimum Gasteiger partial charge on any atom is -0.507 e. The number of aliphatic hydroxyl groups is 7. The number of ketones is 2. The number of esters is 1. The van der Waals surface area contributed by atoms with E-state index in [2.05, 4.69) is 0 Å². The van der Waals surface area contributed by atoms with E-state index in [4.69, 9.17) is 14.2 Å². The number of phenolic OH excluding ortho intramolecular Hbond substituents is 1. The first-order valence-corrected chi connectivity index (χ1v) is 19.8. The predicted molar refractivity (Wildman–Crippen MR) is 216 cm³/mol. The van der Waals surface area contributed by atoms with Crippen molar-refractivity contribution in [3.63, 3.8) is 0 Å². The lowest BCUT2D eigenvalue weighted by Crippen LogP contribution is -2.67. The molecule has 1 aliphatic heterocycles. The summed E-state index contributed by atoms with van der Waals surface area (Å²) >= 11 is 0. The molecule has 4 aromatic rings. The van der Waals surface area contributed by atoms with Crippen molar-refractivity contribution in [3.05, 3.63) is 121 Å². The Balaban J connectivity index is 1.43. The van der Waals surface area contributed by atoms with Gasteiger partial charge in [-0.3, -0.25) is 19.2 Å². The molecule has 0 bridgehead atoms. The smallest absolute Gasteiger partial charge is 0.308 e. The van der Waals surface area contributed by atoms with Crippen LogP contribution in [0, 0.1) is 0 Å². The van der Waals surface area contributed by atoms with E-state index in [1.807, 2.05) is 6.07 Å². The van der Waals surface area contributed by atoms with Gasteiger partial charge < -0.3 is 55.1 Å². The fourth-order valence-corrected chi connectivity index (χ4v) is 8.57. The second-order valence-corrected chi connectivity index (χ2v) is 15.7. The molecule has 1 heterocycles. The number of benzene rings is 4. The van der Waals surface area contributed by atoms with E-state index < -0.39 is 82.8 Å². The van der Waals surface area contributed by atoms with Crippen molar-refractivity contribution in [2.75, 3.05) is 6.61 Å². The first-order valence-electron chi connectivity index (χ1n) is 19.8. The predicted octanol–water partition coefficient (Wildman–Crippen LogP) is 2.98. The summed E-state index contributed by atoms with van der Waals surface area (Å²) in [6, 6.07) is 14.2. The molecule has 0 amide bonds. The summed E-state index contributed by atoms with van der Waals surface area (Å²) in [6.07, 6.45) is -1.72. The molecule has 3 aliphatic rings. The molecule has 2 aliphatic carbocycles. The van der Waals surface area contributed by atoms with Crippen LogP contribution in [0.4, 0.5) is 0 Å². The quantitative estimate of drug-likeness (QED) is 0.0296. The summed E-state index contributed by atoms with van der Waals surface area (Å²) in [4.78, 5) is 54.8. The molecule has 0 aromatic heterocycles. The first-order chi connectivity index (χ1) is 29.0. The van der Waals surface area contributed by atoms with Crippen LogP contribution in [0.25, 0.3) is 12.2 Å². The van der Waals surface area contributed by atoms with Gasteiger partial charge in [0, 0.05) is 53.3 Å². The lowest BCUT2D eigenvalue weighted by molar-refractivity contribution is -0.371. The summed E-state index contributed by atoms with van der Waals surface area (Å²) in [7, 11) is 0. The van der Waals surface area contributed by atoms with E-state index in [0.717, 1.165) is 31.4 Å². The van der Waals surface area contributed by atoms with Gasteiger partial charge in [0.2, 0.25) is 12.1 Å². The molecule has 0 spiro atoms. The van der Waals surface area contributed by atoms with Crippen LogP contribution in [-0.2, 0) is 34.6 Å². The normalized spacial score (nSPS) is 21.6. The molecule has 15 heteroatoms. The highest BCUT2D eigenvalue weighted by atomic mass is 16.7. The number of hydrogen-bond acceptors (Lipinski definition) is 15. The number of aldehydes is 1. The molecule has 1 saturated carbocycles. The van der Waals surface area contributed by atoms with Crippen molar-refractivity contribution in [3.8, 4) is 17.2 Å². The molecule has 4 atom stereocenters. The summed E-state index contributed by atoms with van der Waals surface area (Å²) in [5.41, 5.74) is -1.00. The number of rotatable bonds is 12. The van der Waals surface area contributed by atoms with E-state index in [0.29, 0.717) is 36.7 Å². The van der Waals surface area contributed by atoms with Gasteiger partial charge in [0.05, 0.1) is 23.9 Å². The van der Waals surface area contributed by atoms with E-state index in [1.165, 1.54) is 19.1 Å². The standard InChI is InChI=1S/C46H46O15/c1-23-42(54)46(57,58)43(55)44(59-23)61-35-20-31-38(39(51)30(35)18-27-9-6-10-33(32(27)22-49)45(56)14-3-4-15-45)41(53)36-28(21-48)19-34(60-24(2)50)29(37(36)40(31)52)12-11-25-7-5-8-26(17-25)13-16-47/h5-12,17,19-20,22-23,42-44,47-48,51,54-58H,3-4,13-16,18,21H2,1-2H3/b12-11+/t23-,42+,43-,44+/m0/s1. The lowest BCUT2D eigenvalue weighted by atomic mass is 9.77. The third-order valence-corrected chi connectivity index (χ3v) is 11.7. The third kappa shape index (κ3) is 7.91. The fraction of sp³-hybridized carbons (Fsp3) is 0.348. The summed E-state index contributed by atoms with van der Waals surface area (Å²) in [6.45, 7) is 1.52. The largest absolute Gasteiger partial charge is 0.507 e. The van der Waals surface area contributed by atoms with Gasteiger partial charge >= 0.3 is 5.97 Å². The summed E-state index contributed by atoms with van der Waals surface area (Å²) in [5, 5.41) is 86.4. The number of aromatic hydroxyl groups is 1. The molecule has 61 heavy (non-hydrogen) atoms.